The third kappa shape index (κ3) is 21.6. The van der Waals surface area contributed by atoms with Crippen molar-refractivity contribution in [2.45, 2.75) is 31.6 Å². The summed E-state index contributed by atoms with van der Waals surface area (Å²) in [5, 5.41) is 5.30. The van der Waals surface area contributed by atoms with Crippen LogP contribution in [0.3, 0.4) is 0 Å². The molecule has 0 bridgehead atoms. The van der Waals surface area contributed by atoms with Gasteiger partial charge in [-0.2, -0.15) is 26.3 Å². The summed E-state index contributed by atoms with van der Waals surface area (Å²) in [6.45, 7) is 5.05. The smallest absolute Gasteiger partial charge is 0.378 e. The number of carbonyl (C=O) groups is 3. The van der Waals surface area contributed by atoms with E-state index in [1.807, 2.05) is 0 Å². The summed E-state index contributed by atoms with van der Waals surface area (Å²) in [7, 11) is 0. The number of benzene rings is 1. The van der Waals surface area contributed by atoms with Gasteiger partial charge in [0.05, 0.1) is 123 Å². The molecule has 2 N–H and O–H groups in total. The van der Waals surface area contributed by atoms with Crippen molar-refractivity contribution in [3.05, 3.63) is 29.3 Å². The van der Waals surface area contributed by atoms with Crippen molar-refractivity contribution in [2.75, 3.05) is 118 Å². The zero-order valence-electron chi connectivity index (χ0n) is 29.4. The summed E-state index contributed by atoms with van der Waals surface area (Å²) >= 11 is 4.95. The lowest BCUT2D eigenvalue weighted by molar-refractivity contribution is -0.198. The van der Waals surface area contributed by atoms with E-state index < -0.39 is 47.0 Å². The Hall–Kier alpha value is -3.22. The van der Waals surface area contributed by atoms with Gasteiger partial charge in [0.2, 0.25) is 0 Å². The number of thiocarbonyl (C=S) groups is 1. The highest BCUT2D eigenvalue weighted by Crippen LogP contribution is 2.37. The van der Waals surface area contributed by atoms with E-state index in [1.165, 1.54) is 0 Å². The monoisotopic (exact) mass is 809 g/mol. The molecule has 2 rings (SSSR count). The molecule has 1 heterocycles. The van der Waals surface area contributed by atoms with Crippen molar-refractivity contribution in [3.63, 3.8) is 0 Å². The van der Waals surface area contributed by atoms with Crippen molar-refractivity contribution in [1.29, 1.82) is 0 Å². The highest BCUT2D eigenvalue weighted by Gasteiger charge is 2.37. The van der Waals surface area contributed by atoms with Gasteiger partial charge in [0.1, 0.15) is 0 Å². The number of halogens is 6. The maximum atomic E-state index is 13.0. The molecule has 0 atom stereocenters. The van der Waals surface area contributed by atoms with E-state index in [0.29, 0.717) is 89.9 Å². The lowest BCUT2D eigenvalue weighted by Gasteiger charge is -2.16. The van der Waals surface area contributed by atoms with E-state index >= 15 is 0 Å². The molecule has 308 valence electrons. The number of hydrogen-bond acceptors (Lipinski definition) is 13. The Balaban J connectivity index is 1.28. The number of hydroxylamine groups is 2. The van der Waals surface area contributed by atoms with Gasteiger partial charge in [0, 0.05) is 25.1 Å². The van der Waals surface area contributed by atoms with Crippen LogP contribution in [0.25, 0.3) is 0 Å². The molecular weight excluding hydrogens is 764 g/mol. The van der Waals surface area contributed by atoms with Gasteiger partial charge in [-0.1, -0.05) is 0 Å². The third-order valence-electron chi connectivity index (χ3n) is 6.63. The molecule has 1 fully saturated rings. The second-order valence-corrected chi connectivity index (χ2v) is 11.3. The Kier molecular flexibility index (Phi) is 23.1. The van der Waals surface area contributed by atoms with Gasteiger partial charge in [-0.15, -0.1) is 5.06 Å². The molecule has 0 saturated carbocycles. The Bertz CT molecular complexity index is 1230. The molecule has 54 heavy (non-hydrogen) atoms. The summed E-state index contributed by atoms with van der Waals surface area (Å²) in [5.41, 5.74) is -3.36. The maximum absolute atomic E-state index is 13.0. The van der Waals surface area contributed by atoms with Crippen LogP contribution in [0.2, 0.25) is 0 Å². The average molecular weight is 810 g/mol. The van der Waals surface area contributed by atoms with Crippen LogP contribution in [0, 0.1) is 0 Å². The molecule has 1 aliphatic heterocycles. The summed E-state index contributed by atoms with van der Waals surface area (Å²) in [4.78, 5) is 39.2. The fourth-order valence-electron chi connectivity index (χ4n) is 4.04. The number of nitrogens with zero attached hydrogens (tertiary/aromatic N) is 1. The van der Waals surface area contributed by atoms with Crippen LogP contribution in [0.5, 0.6) is 0 Å². The van der Waals surface area contributed by atoms with Crippen molar-refractivity contribution < 1.29 is 83.5 Å². The number of ether oxygens (including phenoxy) is 8. The molecular formula is C32H45F6N3O12S. The molecule has 1 aromatic rings. The number of amides is 2. The van der Waals surface area contributed by atoms with Crippen LogP contribution in [-0.4, -0.2) is 140 Å². The lowest BCUT2D eigenvalue weighted by Crippen LogP contribution is -2.32. The van der Waals surface area contributed by atoms with Crippen molar-refractivity contribution in [1.82, 2.24) is 10.4 Å². The summed E-state index contributed by atoms with van der Waals surface area (Å²) in [5.74, 6) is -1.80. The van der Waals surface area contributed by atoms with E-state index in [0.717, 1.165) is 0 Å². The zero-order valence-corrected chi connectivity index (χ0v) is 30.2. The SMILES string of the molecule is O=C(CCOCCOCCOCCOCCOCCOCCOCCOCCNC(=S)Nc1cc(C(F)(F)F)cc(C(F)(F)F)c1)ON1C(=O)CCC1=O. The number of nitrogens with one attached hydrogen (secondary N) is 2. The predicted octanol–water partition coefficient (Wildman–Crippen LogP) is 3.14. The predicted molar refractivity (Wildman–Crippen MR) is 179 cm³/mol. The van der Waals surface area contributed by atoms with Crippen LogP contribution >= 0.6 is 12.2 Å². The van der Waals surface area contributed by atoms with Gasteiger partial charge in [0.25, 0.3) is 11.8 Å². The number of hydrogen-bond donors (Lipinski definition) is 2. The molecule has 2 amide bonds. The van der Waals surface area contributed by atoms with Gasteiger partial charge in [-0.05, 0) is 30.4 Å². The highest BCUT2D eigenvalue weighted by atomic mass is 32.1. The fourth-order valence-corrected chi connectivity index (χ4v) is 4.26. The first kappa shape index (κ1) is 46.9. The molecule has 0 aliphatic carbocycles. The van der Waals surface area contributed by atoms with E-state index in [1.54, 1.807) is 0 Å². The maximum Gasteiger partial charge on any atom is 0.416 e. The van der Waals surface area contributed by atoms with Crippen molar-refractivity contribution >= 4 is 40.8 Å². The summed E-state index contributed by atoms with van der Waals surface area (Å²) < 4.78 is 121. The van der Waals surface area contributed by atoms with Crippen LogP contribution in [0.4, 0.5) is 32.0 Å². The Morgan fingerprint density at radius 2 is 0.944 bits per heavy atom. The first-order valence-corrected chi connectivity index (χ1v) is 17.2. The van der Waals surface area contributed by atoms with E-state index in [9.17, 15) is 40.7 Å². The van der Waals surface area contributed by atoms with Gasteiger partial charge < -0.3 is 53.4 Å². The molecule has 1 saturated heterocycles. The Labute approximate surface area is 313 Å². The standard InChI is InChI=1S/C32H45F6N3O12S/c33-31(34,35)24-21-25(32(36,37)38)23-26(22-24)40-30(54)39-4-6-46-8-10-48-12-14-50-16-18-52-20-19-51-17-15-49-13-11-47-9-7-45-5-3-29(44)53-41-27(42)1-2-28(41)43/h21-23H,1-20H2,(H2,39,40,54). The van der Waals surface area contributed by atoms with E-state index in [2.05, 4.69) is 10.6 Å². The normalized spacial score (nSPS) is 13.5. The quantitative estimate of drug-likeness (QED) is 0.0526. The molecule has 22 heteroatoms. The third-order valence-corrected chi connectivity index (χ3v) is 6.88. The van der Waals surface area contributed by atoms with Gasteiger partial charge in [-0.25, -0.2) is 4.79 Å². The lowest BCUT2D eigenvalue weighted by atomic mass is 10.1. The fraction of sp³-hybridized carbons (Fsp3) is 0.688. The minimum Gasteiger partial charge on any atom is -0.378 e. The zero-order chi connectivity index (χ0) is 39.7. The minimum atomic E-state index is -4.96. The van der Waals surface area contributed by atoms with Crippen LogP contribution in [0.15, 0.2) is 18.2 Å². The molecule has 0 spiro atoms. The summed E-state index contributed by atoms with van der Waals surface area (Å²) in [6.07, 6.45) is -9.96. The number of alkyl halides is 6. The van der Waals surface area contributed by atoms with Crippen LogP contribution < -0.4 is 10.6 Å². The number of rotatable bonds is 29. The van der Waals surface area contributed by atoms with E-state index in [-0.39, 0.29) is 70.0 Å². The Morgan fingerprint density at radius 1 is 0.593 bits per heavy atom. The second kappa shape index (κ2) is 26.6. The average Bonchev–Trinajstić information content (AvgIpc) is 3.42. The van der Waals surface area contributed by atoms with Gasteiger partial charge in [-0.3, -0.25) is 9.59 Å². The minimum absolute atomic E-state index is 0.0329. The summed E-state index contributed by atoms with van der Waals surface area (Å²) in [6, 6.07) is 1.11. The highest BCUT2D eigenvalue weighted by molar-refractivity contribution is 7.80. The van der Waals surface area contributed by atoms with Crippen LogP contribution in [-0.2, 0) is 69.5 Å². The molecule has 0 unspecified atom stereocenters. The molecule has 0 radical (unpaired) electrons. The molecule has 0 aromatic heterocycles. The van der Waals surface area contributed by atoms with Crippen molar-refractivity contribution in [3.8, 4) is 0 Å². The largest absolute Gasteiger partial charge is 0.416 e. The van der Waals surface area contributed by atoms with E-state index in [4.69, 9.17) is 55.0 Å². The number of anilines is 1. The first-order chi connectivity index (χ1) is 25.8. The van der Waals surface area contributed by atoms with Crippen LogP contribution in [0.1, 0.15) is 30.4 Å². The molecule has 15 nitrogen and oxygen atoms in total. The second-order valence-electron chi connectivity index (χ2n) is 10.9. The topological polar surface area (TPSA) is 162 Å². The number of carbonyl (C=O) groups excluding carboxylic acids is 3. The van der Waals surface area contributed by atoms with Gasteiger partial charge in [0.15, 0.2) is 5.11 Å². The van der Waals surface area contributed by atoms with Crippen molar-refractivity contribution in [2.24, 2.45) is 0 Å². The first-order valence-electron chi connectivity index (χ1n) is 16.8. The number of imide groups is 1. The van der Waals surface area contributed by atoms with Gasteiger partial charge >= 0.3 is 18.3 Å². The molecule has 1 aliphatic rings. The molecule has 1 aromatic carbocycles. The Morgan fingerprint density at radius 3 is 1.31 bits per heavy atom.